The van der Waals surface area contributed by atoms with Gasteiger partial charge in [0.25, 0.3) is 0 Å². The van der Waals surface area contributed by atoms with Crippen molar-refractivity contribution < 1.29 is 9.90 Å². The minimum Gasteiger partial charge on any atom is -0.393 e. The molecule has 6 heteroatoms. The van der Waals surface area contributed by atoms with Crippen LogP contribution in [0.3, 0.4) is 0 Å². The van der Waals surface area contributed by atoms with Gasteiger partial charge in [0.15, 0.2) is 0 Å². The Balaban J connectivity index is 1.91. The summed E-state index contributed by atoms with van der Waals surface area (Å²) in [6, 6.07) is 2.03. The van der Waals surface area contributed by atoms with E-state index in [0.29, 0.717) is 19.4 Å². The van der Waals surface area contributed by atoms with E-state index in [-0.39, 0.29) is 12.0 Å². The summed E-state index contributed by atoms with van der Waals surface area (Å²) in [7, 11) is 1.76. The van der Waals surface area contributed by atoms with Crippen LogP contribution >= 0.6 is 22.7 Å². The maximum absolute atomic E-state index is 12.0. The van der Waals surface area contributed by atoms with Gasteiger partial charge in [-0.05, 0) is 24.8 Å². The summed E-state index contributed by atoms with van der Waals surface area (Å²) in [5, 5.41) is 16.2. The van der Waals surface area contributed by atoms with Gasteiger partial charge in [0, 0.05) is 29.9 Å². The number of hydrogen-bond donors (Lipinski definition) is 1. The van der Waals surface area contributed by atoms with E-state index in [9.17, 15) is 9.90 Å². The standard InChI is InChI=1S/C14H18N2O2S2/c1-10(17)3-5-16(2)13(18)7-12-9-20-14(15-12)11-4-6-19-8-11/h4,6,8-10,17H,3,5,7H2,1-2H3. The molecule has 0 spiro atoms. The molecule has 2 heterocycles. The summed E-state index contributed by atoms with van der Waals surface area (Å²) < 4.78 is 0. The topological polar surface area (TPSA) is 53.4 Å². The summed E-state index contributed by atoms with van der Waals surface area (Å²) in [5.74, 6) is 0.0350. The van der Waals surface area contributed by atoms with Crippen molar-refractivity contribution in [2.75, 3.05) is 13.6 Å². The lowest BCUT2D eigenvalue weighted by molar-refractivity contribution is -0.129. The van der Waals surface area contributed by atoms with Crippen LogP contribution in [0.15, 0.2) is 22.2 Å². The zero-order valence-corrected chi connectivity index (χ0v) is 13.2. The minimum atomic E-state index is -0.380. The molecule has 1 atom stereocenters. The molecule has 0 aliphatic heterocycles. The number of likely N-dealkylation sites (N-methyl/N-ethyl adjacent to an activating group) is 1. The lowest BCUT2D eigenvalue weighted by atomic mass is 10.2. The average molecular weight is 310 g/mol. The molecule has 1 amide bonds. The zero-order valence-electron chi connectivity index (χ0n) is 11.6. The number of amides is 1. The van der Waals surface area contributed by atoms with Gasteiger partial charge >= 0.3 is 0 Å². The molecular weight excluding hydrogens is 292 g/mol. The molecule has 0 aromatic carbocycles. The number of thiazole rings is 1. The Bertz CT molecular complexity index is 549. The molecule has 1 N–H and O–H groups in total. The van der Waals surface area contributed by atoms with Crippen LogP contribution in [0.4, 0.5) is 0 Å². The molecule has 0 saturated carbocycles. The number of aliphatic hydroxyl groups excluding tert-OH is 1. The molecule has 0 aliphatic rings. The number of rotatable bonds is 6. The first kappa shape index (κ1) is 15.2. The Kier molecular flexibility index (Phi) is 5.28. The van der Waals surface area contributed by atoms with Gasteiger partial charge in [-0.15, -0.1) is 11.3 Å². The Morgan fingerprint density at radius 3 is 2.95 bits per heavy atom. The van der Waals surface area contributed by atoms with Crippen LogP contribution in [0, 0.1) is 0 Å². The number of aliphatic hydroxyl groups is 1. The second-order valence-corrected chi connectivity index (χ2v) is 6.42. The highest BCUT2D eigenvalue weighted by atomic mass is 32.1. The third-order valence-electron chi connectivity index (χ3n) is 2.96. The number of carbonyl (C=O) groups is 1. The van der Waals surface area contributed by atoms with Crippen molar-refractivity contribution in [1.82, 2.24) is 9.88 Å². The second-order valence-electron chi connectivity index (χ2n) is 4.79. The van der Waals surface area contributed by atoms with Crippen molar-refractivity contribution in [3.8, 4) is 10.6 Å². The molecule has 0 bridgehead atoms. The summed E-state index contributed by atoms with van der Waals surface area (Å²) >= 11 is 3.20. The van der Waals surface area contributed by atoms with Crippen molar-refractivity contribution >= 4 is 28.6 Å². The van der Waals surface area contributed by atoms with E-state index >= 15 is 0 Å². The first-order valence-electron chi connectivity index (χ1n) is 6.45. The van der Waals surface area contributed by atoms with E-state index in [1.807, 2.05) is 16.8 Å². The second kappa shape index (κ2) is 6.97. The number of thiophene rings is 1. The van der Waals surface area contributed by atoms with Crippen LogP contribution in [0.5, 0.6) is 0 Å². The van der Waals surface area contributed by atoms with E-state index in [1.165, 1.54) is 0 Å². The summed E-state index contributed by atoms with van der Waals surface area (Å²) in [5.41, 5.74) is 1.92. The fourth-order valence-electron chi connectivity index (χ4n) is 1.70. The number of hydrogen-bond acceptors (Lipinski definition) is 5. The highest BCUT2D eigenvalue weighted by molar-refractivity contribution is 7.14. The predicted molar refractivity (Wildman–Crippen MR) is 83.1 cm³/mol. The van der Waals surface area contributed by atoms with Gasteiger partial charge in [-0.1, -0.05) is 0 Å². The molecule has 20 heavy (non-hydrogen) atoms. The summed E-state index contributed by atoms with van der Waals surface area (Å²) in [4.78, 5) is 18.2. The van der Waals surface area contributed by atoms with Crippen LogP contribution in [-0.4, -0.2) is 40.6 Å². The molecule has 2 aromatic heterocycles. The van der Waals surface area contributed by atoms with Crippen LogP contribution in [0.25, 0.3) is 10.6 Å². The summed E-state index contributed by atoms with van der Waals surface area (Å²) in [6.45, 7) is 2.30. The van der Waals surface area contributed by atoms with Crippen molar-refractivity contribution in [3.63, 3.8) is 0 Å². The van der Waals surface area contributed by atoms with Gasteiger partial charge in [-0.25, -0.2) is 4.98 Å². The van der Waals surface area contributed by atoms with Crippen LogP contribution < -0.4 is 0 Å². The van der Waals surface area contributed by atoms with Crippen molar-refractivity contribution in [2.24, 2.45) is 0 Å². The molecule has 1 unspecified atom stereocenters. The van der Waals surface area contributed by atoms with Crippen LogP contribution in [0.1, 0.15) is 19.0 Å². The van der Waals surface area contributed by atoms with Crippen molar-refractivity contribution in [3.05, 3.63) is 27.9 Å². The first-order valence-corrected chi connectivity index (χ1v) is 8.27. The minimum absolute atomic E-state index is 0.0350. The Hall–Kier alpha value is -1.24. The van der Waals surface area contributed by atoms with E-state index < -0.39 is 0 Å². The van der Waals surface area contributed by atoms with Crippen molar-refractivity contribution in [1.29, 1.82) is 0 Å². The normalized spacial score (nSPS) is 12.3. The molecule has 0 saturated heterocycles. The molecule has 2 rings (SSSR count). The molecule has 108 valence electrons. The van der Waals surface area contributed by atoms with Gasteiger partial charge in [0.2, 0.25) is 5.91 Å². The lowest BCUT2D eigenvalue weighted by Crippen LogP contribution is -2.30. The predicted octanol–water partition coefficient (Wildman–Crippen LogP) is 2.64. The Labute approximate surface area is 126 Å². The lowest BCUT2D eigenvalue weighted by Gasteiger charge is -2.17. The molecule has 0 aliphatic carbocycles. The molecule has 4 nitrogen and oxygen atoms in total. The first-order chi connectivity index (χ1) is 9.56. The zero-order chi connectivity index (χ0) is 14.5. The fourth-order valence-corrected chi connectivity index (χ4v) is 3.23. The van der Waals surface area contributed by atoms with Gasteiger partial charge in [-0.2, -0.15) is 11.3 Å². The number of carbonyl (C=O) groups excluding carboxylic acids is 1. The number of nitrogens with zero attached hydrogens (tertiary/aromatic N) is 2. The Morgan fingerprint density at radius 2 is 2.30 bits per heavy atom. The van der Waals surface area contributed by atoms with Gasteiger partial charge in [0.1, 0.15) is 5.01 Å². The maximum Gasteiger partial charge on any atom is 0.228 e. The maximum atomic E-state index is 12.0. The van der Waals surface area contributed by atoms with E-state index in [4.69, 9.17) is 0 Å². The molecule has 0 fully saturated rings. The van der Waals surface area contributed by atoms with E-state index in [2.05, 4.69) is 10.4 Å². The highest BCUT2D eigenvalue weighted by Crippen LogP contribution is 2.25. The van der Waals surface area contributed by atoms with Crippen molar-refractivity contribution in [2.45, 2.75) is 25.9 Å². The highest BCUT2D eigenvalue weighted by Gasteiger charge is 2.13. The molecular formula is C14H18N2O2S2. The molecule has 0 radical (unpaired) electrons. The van der Waals surface area contributed by atoms with Gasteiger partial charge < -0.3 is 10.0 Å². The SMILES string of the molecule is CC(O)CCN(C)C(=O)Cc1csc(-c2ccsc2)n1. The fraction of sp³-hybridized carbons (Fsp3) is 0.429. The van der Waals surface area contributed by atoms with Gasteiger partial charge in [-0.3, -0.25) is 4.79 Å². The Morgan fingerprint density at radius 1 is 1.50 bits per heavy atom. The van der Waals surface area contributed by atoms with E-state index in [1.54, 1.807) is 41.5 Å². The van der Waals surface area contributed by atoms with E-state index in [0.717, 1.165) is 16.3 Å². The van der Waals surface area contributed by atoms with Gasteiger partial charge in [0.05, 0.1) is 18.2 Å². The monoisotopic (exact) mass is 310 g/mol. The third kappa shape index (κ3) is 4.13. The van der Waals surface area contributed by atoms with Crippen LogP contribution in [-0.2, 0) is 11.2 Å². The average Bonchev–Trinajstić information content (AvgIpc) is 3.05. The van der Waals surface area contributed by atoms with Crippen LogP contribution in [0.2, 0.25) is 0 Å². The molecule has 2 aromatic rings. The number of aromatic nitrogens is 1. The quantitative estimate of drug-likeness (QED) is 0.892. The smallest absolute Gasteiger partial charge is 0.228 e. The largest absolute Gasteiger partial charge is 0.393 e. The summed E-state index contributed by atoms with van der Waals surface area (Å²) in [6.07, 6.45) is 0.533. The third-order valence-corrected chi connectivity index (χ3v) is 4.58.